The quantitative estimate of drug-likeness (QED) is 0.847. The molecule has 0 radical (unpaired) electrons. The van der Waals surface area contributed by atoms with E-state index in [0.717, 1.165) is 31.8 Å². The summed E-state index contributed by atoms with van der Waals surface area (Å²) < 4.78 is 1.97. The van der Waals surface area contributed by atoms with Gasteiger partial charge >= 0.3 is 0 Å². The lowest BCUT2D eigenvalue weighted by molar-refractivity contribution is 0.0628. The number of piperidine rings is 1. The predicted octanol–water partition coefficient (Wildman–Crippen LogP) is 2.45. The Balaban J connectivity index is 2.13. The van der Waals surface area contributed by atoms with Crippen LogP contribution in [0.3, 0.4) is 0 Å². The number of aromatic nitrogens is 3. The summed E-state index contributed by atoms with van der Waals surface area (Å²) in [5, 5.41) is 13.8. The molecular formula is C15H25N5. The molecule has 1 aliphatic heterocycles. The van der Waals surface area contributed by atoms with Crippen molar-refractivity contribution in [2.45, 2.75) is 59.7 Å². The molecule has 2 heterocycles. The van der Waals surface area contributed by atoms with Gasteiger partial charge in [-0.3, -0.25) is 4.90 Å². The number of nitriles is 1. The molecule has 5 heteroatoms. The van der Waals surface area contributed by atoms with Crippen LogP contribution < -0.4 is 0 Å². The van der Waals surface area contributed by atoms with E-state index in [0.29, 0.717) is 12.5 Å². The fraction of sp³-hybridized carbons (Fsp3) is 0.800. The average Bonchev–Trinajstić information content (AvgIpc) is 2.75. The summed E-state index contributed by atoms with van der Waals surface area (Å²) in [6.45, 7) is 11.3. The monoisotopic (exact) mass is 275 g/mol. The zero-order valence-electron chi connectivity index (χ0n) is 13.0. The van der Waals surface area contributed by atoms with Crippen LogP contribution in [-0.2, 0) is 13.1 Å². The van der Waals surface area contributed by atoms with Gasteiger partial charge in [-0.05, 0) is 30.7 Å². The molecule has 0 saturated carbocycles. The molecule has 0 aliphatic carbocycles. The van der Waals surface area contributed by atoms with Crippen LogP contribution in [0.2, 0.25) is 0 Å². The van der Waals surface area contributed by atoms with Gasteiger partial charge in [0.15, 0.2) is 0 Å². The maximum absolute atomic E-state index is 9.51. The fourth-order valence-electron chi connectivity index (χ4n) is 3.02. The zero-order chi connectivity index (χ0) is 14.8. The Bertz CT molecular complexity index is 483. The van der Waals surface area contributed by atoms with Crippen LogP contribution in [-0.4, -0.2) is 32.3 Å². The van der Waals surface area contributed by atoms with Gasteiger partial charge in [-0.25, -0.2) is 9.67 Å². The maximum atomic E-state index is 9.51. The number of hydrogen-bond donors (Lipinski definition) is 0. The van der Waals surface area contributed by atoms with Gasteiger partial charge in [-0.15, -0.1) is 0 Å². The van der Waals surface area contributed by atoms with Gasteiger partial charge in [0.25, 0.3) is 0 Å². The molecule has 1 aromatic rings. The molecule has 110 valence electrons. The first-order valence-electron chi connectivity index (χ1n) is 7.44. The van der Waals surface area contributed by atoms with Crippen molar-refractivity contribution in [1.82, 2.24) is 19.7 Å². The Morgan fingerprint density at radius 1 is 1.50 bits per heavy atom. The van der Waals surface area contributed by atoms with Crippen molar-refractivity contribution in [1.29, 1.82) is 5.26 Å². The molecule has 2 rings (SSSR count). The number of likely N-dealkylation sites (tertiary alicyclic amines) is 1. The van der Waals surface area contributed by atoms with E-state index >= 15 is 0 Å². The van der Waals surface area contributed by atoms with Crippen LogP contribution in [0.4, 0.5) is 0 Å². The molecular weight excluding hydrogens is 250 g/mol. The van der Waals surface area contributed by atoms with Crippen molar-refractivity contribution in [3.8, 4) is 6.07 Å². The van der Waals surface area contributed by atoms with Crippen molar-refractivity contribution < 1.29 is 0 Å². The summed E-state index contributed by atoms with van der Waals surface area (Å²) in [5.74, 6) is 1.51. The van der Waals surface area contributed by atoms with Crippen molar-refractivity contribution in [3.63, 3.8) is 0 Å². The van der Waals surface area contributed by atoms with Gasteiger partial charge < -0.3 is 0 Å². The summed E-state index contributed by atoms with van der Waals surface area (Å²) in [6, 6.07) is 2.44. The largest absolute Gasteiger partial charge is 0.280 e. The van der Waals surface area contributed by atoms with Crippen LogP contribution in [0.5, 0.6) is 0 Å². The van der Waals surface area contributed by atoms with Gasteiger partial charge in [0.05, 0.1) is 12.6 Å². The highest BCUT2D eigenvalue weighted by molar-refractivity contribution is 5.05. The molecule has 5 nitrogen and oxygen atoms in total. The number of hydrogen-bond acceptors (Lipinski definition) is 4. The van der Waals surface area contributed by atoms with E-state index in [1.165, 1.54) is 0 Å². The van der Waals surface area contributed by atoms with Crippen LogP contribution in [0, 0.1) is 22.7 Å². The molecule has 0 aromatic carbocycles. The van der Waals surface area contributed by atoms with Crippen molar-refractivity contribution in [3.05, 3.63) is 12.2 Å². The predicted molar refractivity (Wildman–Crippen MR) is 77.7 cm³/mol. The zero-order valence-corrected chi connectivity index (χ0v) is 13.0. The van der Waals surface area contributed by atoms with E-state index in [-0.39, 0.29) is 11.5 Å². The lowest BCUT2D eigenvalue weighted by Gasteiger charge is -2.42. The van der Waals surface area contributed by atoms with Crippen LogP contribution >= 0.6 is 0 Å². The summed E-state index contributed by atoms with van der Waals surface area (Å²) >= 11 is 0. The minimum absolute atomic E-state index is 0.0413. The lowest BCUT2D eigenvalue weighted by atomic mass is 9.77. The first kappa shape index (κ1) is 15.0. The van der Waals surface area contributed by atoms with Crippen LogP contribution in [0.15, 0.2) is 6.33 Å². The van der Waals surface area contributed by atoms with E-state index in [9.17, 15) is 5.26 Å². The molecule has 20 heavy (non-hydrogen) atoms. The van der Waals surface area contributed by atoms with Gasteiger partial charge in [-0.2, -0.15) is 10.4 Å². The summed E-state index contributed by atoms with van der Waals surface area (Å²) in [6.07, 6.45) is 3.87. The molecule has 1 aliphatic rings. The second-order valence-corrected chi connectivity index (χ2v) is 6.85. The molecule has 0 bridgehead atoms. The molecule has 1 fully saturated rings. The van der Waals surface area contributed by atoms with Gasteiger partial charge in [-0.1, -0.05) is 27.7 Å². The topological polar surface area (TPSA) is 57.7 Å². The molecule has 1 aromatic heterocycles. The van der Waals surface area contributed by atoms with Crippen molar-refractivity contribution in [2.24, 2.45) is 11.3 Å². The summed E-state index contributed by atoms with van der Waals surface area (Å²) in [5.41, 5.74) is 0.0515. The van der Waals surface area contributed by atoms with E-state index < -0.39 is 0 Å². The highest BCUT2D eigenvalue weighted by Crippen LogP contribution is 2.35. The first-order valence-corrected chi connectivity index (χ1v) is 7.44. The molecule has 0 unspecified atom stereocenters. The molecule has 1 atom stereocenters. The summed E-state index contributed by atoms with van der Waals surface area (Å²) in [4.78, 5) is 6.63. The van der Waals surface area contributed by atoms with Crippen molar-refractivity contribution >= 4 is 0 Å². The molecule has 0 amide bonds. The summed E-state index contributed by atoms with van der Waals surface area (Å²) in [7, 11) is 0. The SMILES string of the molecule is CC(C)Cn1ncnc1CN1CCCC(C)(C)[C@@H]1C#N. The van der Waals surface area contributed by atoms with E-state index in [2.05, 4.69) is 48.7 Å². The highest BCUT2D eigenvalue weighted by Gasteiger charge is 2.38. The fourth-order valence-corrected chi connectivity index (χ4v) is 3.02. The molecule has 0 N–H and O–H groups in total. The van der Waals surface area contributed by atoms with E-state index in [4.69, 9.17) is 0 Å². The number of rotatable bonds is 4. The van der Waals surface area contributed by atoms with Crippen molar-refractivity contribution in [2.75, 3.05) is 6.54 Å². The minimum Gasteiger partial charge on any atom is -0.280 e. The van der Waals surface area contributed by atoms with Crippen LogP contribution in [0.1, 0.15) is 46.4 Å². The third-order valence-corrected chi connectivity index (χ3v) is 4.07. The highest BCUT2D eigenvalue weighted by atomic mass is 15.4. The first-order chi connectivity index (χ1) is 9.44. The molecule has 1 saturated heterocycles. The smallest absolute Gasteiger partial charge is 0.141 e. The second kappa shape index (κ2) is 5.92. The third-order valence-electron chi connectivity index (χ3n) is 4.07. The van der Waals surface area contributed by atoms with Crippen LogP contribution in [0.25, 0.3) is 0 Å². The van der Waals surface area contributed by atoms with E-state index in [1.54, 1.807) is 6.33 Å². The van der Waals surface area contributed by atoms with Gasteiger partial charge in [0.1, 0.15) is 18.2 Å². The molecule has 0 spiro atoms. The Hall–Kier alpha value is -1.41. The minimum atomic E-state index is -0.0413. The maximum Gasteiger partial charge on any atom is 0.141 e. The standard InChI is InChI=1S/C15H25N5/c1-12(2)9-20-14(17-11-18-20)10-19-7-5-6-15(3,4)13(19)8-16/h11-13H,5-7,9-10H2,1-4H3/t13-/m0/s1. The van der Waals surface area contributed by atoms with E-state index in [1.807, 2.05) is 4.68 Å². The average molecular weight is 275 g/mol. The Morgan fingerprint density at radius 3 is 2.90 bits per heavy atom. The van der Waals surface area contributed by atoms with Gasteiger partial charge in [0, 0.05) is 6.54 Å². The lowest BCUT2D eigenvalue weighted by Crippen LogP contribution is -2.48. The third kappa shape index (κ3) is 3.18. The Morgan fingerprint density at radius 2 is 2.25 bits per heavy atom. The number of nitrogens with zero attached hydrogens (tertiary/aromatic N) is 5. The normalized spacial score (nSPS) is 22.9. The van der Waals surface area contributed by atoms with Gasteiger partial charge in [0.2, 0.25) is 0 Å². The Kier molecular flexibility index (Phi) is 4.44. The second-order valence-electron chi connectivity index (χ2n) is 6.85. The Labute approximate surface area is 121 Å².